The molecule has 1 heterocycles. The van der Waals surface area contributed by atoms with E-state index >= 15 is 0 Å². The number of nitrogens with zero attached hydrogens (tertiary/aromatic N) is 1. The number of halogens is 2. The van der Waals surface area contributed by atoms with Gasteiger partial charge in [0.15, 0.2) is 5.82 Å². The monoisotopic (exact) mass is 284 g/mol. The second-order valence-corrected chi connectivity index (χ2v) is 5.40. The van der Waals surface area contributed by atoms with Crippen molar-refractivity contribution in [1.29, 1.82) is 0 Å². The Bertz CT molecular complexity index is 554. The smallest absolute Gasteiger partial charge is 0.152 e. The van der Waals surface area contributed by atoms with Crippen LogP contribution in [0.4, 0.5) is 4.39 Å². The number of aromatic nitrogens is 1. The molecule has 1 N–H and O–H groups in total. The van der Waals surface area contributed by atoms with Gasteiger partial charge in [-0.2, -0.15) is 0 Å². The molecule has 0 aliphatic carbocycles. The normalized spacial score (nSPS) is 10.9. The maximum atomic E-state index is 13.9. The Morgan fingerprint density at radius 3 is 2.94 bits per heavy atom. The van der Waals surface area contributed by atoms with Crippen molar-refractivity contribution in [3.8, 4) is 10.6 Å². The lowest BCUT2D eigenvalue weighted by Crippen LogP contribution is -2.11. The van der Waals surface area contributed by atoms with Crippen LogP contribution in [0.5, 0.6) is 0 Å². The summed E-state index contributed by atoms with van der Waals surface area (Å²) >= 11 is 7.29. The van der Waals surface area contributed by atoms with Gasteiger partial charge in [0.2, 0.25) is 0 Å². The van der Waals surface area contributed by atoms with Crippen LogP contribution >= 0.6 is 22.9 Å². The van der Waals surface area contributed by atoms with Crippen LogP contribution in [0.3, 0.4) is 0 Å². The lowest BCUT2D eigenvalue weighted by atomic mass is 10.2. The highest BCUT2D eigenvalue weighted by Gasteiger charge is 2.14. The van der Waals surface area contributed by atoms with Gasteiger partial charge in [0, 0.05) is 17.0 Å². The number of nitrogens with one attached hydrogen (secondary N) is 1. The summed E-state index contributed by atoms with van der Waals surface area (Å²) in [5, 5.41) is 4.06. The van der Waals surface area contributed by atoms with Crippen LogP contribution in [0.25, 0.3) is 10.6 Å². The summed E-state index contributed by atoms with van der Waals surface area (Å²) < 4.78 is 13.9. The molecule has 0 fully saturated rings. The van der Waals surface area contributed by atoms with E-state index in [0.29, 0.717) is 10.6 Å². The second-order valence-electron chi connectivity index (χ2n) is 3.91. The van der Waals surface area contributed by atoms with Crippen LogP contribution in [0.1, 0.15) is 17.5 Å². The molecule has 1 aromatic carbocycles. The minimum Gasteiger partial charge on any atom is -0.312 e. The third kappa shape index (κ3) is 2.71. The van der Waals surface area contributed by atoms with E-state index in [2.05, 4.69) is 10.3 Å². The molecule has 2 rings (SSSR count). The summed E-state index contributed by atoms with van der Waals surface area (Å²) in [6.07, 6.45) is 0. The van der Waals surface area contributed by atoms with Crippen LogP contribution in [0.2, 0.25) is 5.02 Å². The molecule has 1 aromatic heterocycles. The standard InChI is InChI=1S/C13H14ClFN2S/c1-3-16-7-11-8(2)17-13(18-11)9-5-4-6-10(14)12(9)15/h4-6,16H,3,7H2,1-2H3. The number of benzene rings is 1. The van der Waals surface area contributed by atoms with E-state index in [0.717, 1.165) is 23.7 Å². The first-order chi connectivity index (χ1) is 8.63. The molecule has 0 atom stereocenters. The van der Waals surface area contributed by atoms with Gasteiger partial charge in [0.25, 0.3) is 0 Å². The average Bonchev–Trinajstić information content (AvgIpc) is 2.71. The predicted octanol–water partition coefficient (Wildman–Crippen LogP) is 4.02. The Morgan fingerprint density at radius 1 is 1.44 bits per heavy atom. The van der Waals surface area contributed by atoms with Crippen molar-refractivity contribution in [1.82, 2.24) is 10.3 Å². The van der Waals surface area contributed by atoms with E-state index in [9.17, 15) is 4.39 Å². The summed E-state index contributed by atoms with van der Waals surface area (Å²) in [5.41, 5.74) is 1.41. The zero-order chi connectivity index (χ0) is 13.1. The first kappa shape index (κ1) is 13.5. The molecule has 0 spiro atoms. The number of thiazole rings is 1. The van der Waals surface area contributed by atoms with E-state index in [-0.39, 0.29) is 5.02 Å². The number of aryl methyl sites for hydroxylation is 1. The van der Waals surface area contributed by atoms with Crippen molar-refractivity contribution >= 4 is 22.9 Å². The molecule has 5 heteroatoms. The molecule has 0 aliphatic rings. The Labute approximate surface area is 115 Å². The van der Waals surface area contributed by atoms with Gasteiger partial charge in [0.1, 0.15) is 5.01 Å². The molecule has 2 aromatic rings. The van der Waals surface area contributed by atoms with Gasteiger partial charge in [0.05, 0.1) is 10.7 Å². The molecule has 0 saturated carbocycles. The maximum absolute atomic E-state index is 13.9. The molecule has 0 bridgehead atoms. The molecule has 96 valence electrons. The predicted molar refractivity (Wildman–Crippen MR) is 74.6 cm³/mol. The van der Waals surface area contributed by atoms with Gasteiger partial charge in [-0.3, -0.25) is 0 Å². The van der Waals surface area contributed by atoms with Gasteiger partial charge >= 0.3 is 0 Å². The molecule has 2 nitrogen and oxygen atoms in total. The molecule has 0 unspecified atom stereocenters. The minimum atomic E-state index is -0.400. The fourth-order valence-corrected chi connectivity index (χ4v) is 2.84. The van der Waals surface area contributed by atoms with Crippen molar-refractivity contribution in [3.05, 3.63) is 39.6 Å². The Hall–Kier alpha value is -0.970. The van der Waals surface area contributed by atoms with E-state index < -0.39 is 5.82 Å². The van der Waals surface area contributed by atoms with Crippen molar-refractivity contribution in [3.63, 3.8) is 0 Å². The maximum Gasteiger partial charge on any atom is 0.152 e. The van der Waals surface area contributed by atoms with Gasteiger partial charge in [-0.1, -0.05) is 24.6 Å². The van der Waals surface area contributed by atoms with Crippen molar-refractivity contribution in [2.45, 2.75) is 20.4 Å². The van der Waals surface area contributed by atoms with Gasteiger partial charge in [-0.05, 0) is 25.6 Å². The van der Waals surface area contributed by atoms with E-state index in [1.807, 2.05) is 13.8 Å². The minimum absolute atomic E-state index is 0.133. The quantitative estimate of drug-likeness (QED) is 0.917. The summed E-state index contributed by atoms with van der Waals surface area (Å²) in [6, 6.07) is 4.98. The summed E-state index contributed by atoms with van der Waals surface area (Å²) in [5.74, 6) is -0.400. The lowest BCUT2D eigenvalue weighted by Gasteiger charge is -2.00. The van der Waals surface area contributed by atoms with Gasteiger partial charge in [-0.25, -0.2) is 9.37 Å². The van der Waals surface area contributed by atoms with Crippen molar-refractivity contribution in [2.24, 2.45) is 0 Å². The Kier molecular flexibility index (Phi) is 4.32. The number of hydrogen-bond donors (Lipinski definition) is 1. The molecule has 0 amide bonds. The third-order valence-corrected chi connectivity index (χ3v) is 4.09. The van der Waals surface area contributed by atoms with E-state index in [1.165, 1.54) is 11.3 Å². The van der Waals surface area contributed by atoms with E-state index in [1.54, 1.807) is 18.2 Å². The first-order valence-corrected chi connectivity index (χ1v) is 6.94. The summed E-state index contributed by atoms with van der Waals surface area (Å²) in [4.78, 5) is 5.55. The highest BCUT2D eigenvalue weighted by molar-refractivity contribution is 7.15. The largest absolute Gasteiger partial charge is 0.312 e. The number of hydrogen-bond acceptors (Lipinski definition) is 3. The highest BCUT2D eigenvalue weighted by Crippen LogP contribution is 2.32. The molecule has 18 heavy (non-hydrogen) atoms. The fourth-order valence-electron chi connectivity index (χ4n) is 1.61. The van der Waals surface area contributed by atoms with E-state index in [4.69, 9.17) is 11.6 Å². The molecule has 0 saturated heterocycles. The molecule has 0 aliphatic heterocycles. The summed E-state index contributed by atoms with van der Waals surface area (Å²) in [6.45, 7) is 5.66. The molecular weight excluding hydrogens is 271 g/mol. The Morgan fingerprint density at radius 2 is 2.22 bits per heavy atom. The van der Waals surface area contributed by atoms with Crippen molar-refractivity contribution in [2.75, 3.05) is 6.54 Å². The van der Waals surface area contributed by atoms with Crippen molar-refractivity contribution < 1.29 is 4.39 Å². The topological polar surface area (TPSA) is 24.9 Å². The molecular formula is C13H14ClFN2S. The van der Waals surface area contributed by atoms with Gasteiger partial charge < -0.3 is 5.32 Å². The average molecular weight is 285 g/mol. The zero-order valence-electron chi connectivity index (χ0n) is 10.3. The lowest BCUT2D eigenvalue weighted by molar-refractivity contribution is 0.631. The SMILES string of the molecule is CCNCc1sc(-c2cccc(Cl)c2F)nc1C. The van der Waals surface area contributed by atoms with Crippen LogP contribution < -0.4 is 5.32 Å². The number of rotatable bonds is 4. The third-order valence-electron chi connectivity index (χ3n) is 2.61. The van der Waals surface area contributed by atoms with Crippen LogP contribution in [0.15, 0.2) is 18.2 Å². The fraction of sp³-hybridized carbons (Fsp3) is 0.308. The zero-order valence-corrected chi connectivity index (χ0v) is 11.8. The highest BCUT2D eigenvalue weighted by atomic mass is 35.5. The Balaban J connectivity index is 2.36. The van der Waals surface area contributed by atoms with Gasteiger partial charge in [-0.15, -0.1) is 11.3 Å². The summed E-state index contributed by atoms with van der Waals surface area (Å²) in [7, 11) is 0. The second kappa shape index (κ2) is 5.78. The molecule has 0 radical (unpaired) electrons. The van der Waals surface area contributed by atoms with Crippen LogP contribution in [-0.4, -0.2) is 11.5 Å². The van der Waals surface area contributed by atoms with Crippen LogP contribution in [0, 0.1) is 12.7 Å². The van der Waals surface area contributed by atoms with Crippen LogP contribution in [-0.2, 0) is 6.54 Å². The first-order valence-electron chi connectivity index (χ1n) is 5.75.